The van der Waals surface area contributed by atoms with Crippen LogP contribution in [0.15, 0.2) is 150 Å². The van der Waals surface area contributed by atoms with Gasteiger partial charge in [0.25, 0.3) is 17.7 Å². The second-order valence-electron chi connectivity index (χ2n) is 12.9. The van der Waals surface area contributed by atoms with Crippen LogP contribution in [0.2, 0.25) is 0 Å². The minimum atomic E-state index is -0.676. The van der Waals surface area contributed by atoms with Crippen LogP contribution in [0.25, 0.3) is 17.2 Å². The van der Waals surface area contributed by atoms with Crippen LogP contribution in [0.4, 0.5) is 16.4 Å². The van der Waals surface area contributed by atoms with Crippen molar-refractivity contribution < 1.29 is 28.7 Å². The standard InChI is InChI=1S/C46H40N4O6S2/c1-4-38(43(53)50-45-39(46(55)56-3)29(2)40(58-45)44(54)47-34-19-12-7-13-20-34)57-36-22-14-21-35(28-36)48-42(52)37(49-41(51)33-17-10-6-11-18-33)27-30-23-25-32(26-24-30)31-15-8-5-9-16-31/h5-28,38H,4H2,1-3H3,(H,47,54)(H,48,52)(H,49,51)(H,50,53)/b37-27+. The van der Waals surface area contributed by atoms with E-state index in [1.807, 2.05) is 73.7 Å². The number of anilines is 3. The summed E-state index contributed by atoms with van der Waals surface area (Å²) in [5.41, 5.74) is 4.74. The highest BCUT2D eigenvalue weighted by Gasteiger charge is 2.28. The first-order valence-electron chi connectivity index (χ1n) is 18.3. The molecule has 0 fully saturated rings. The van der Waals surface area contributed by atoms with E-state index in [4.69, 9.17) is 4.74 Å². The van der Waals surface area contributed by atoms with Crippen LogP contribution in [-0.2, 0) is 14.3 Å². The molecule has 0 aliphatic heterocycles. The highest BCUT2D eigenvalue weighted by molar-refractivity contribution is 8.00. The van der Waals surface area contributed by atoms with Gasteiger partial charge in [0.05, 0.1) is 22.8 Å². The van der Waals surface area contributed by atoms with Gasteiger partial charge in [0, 0.05) is 21.8 Å². The molecule has 1 heterocycles. The molecule has 1 unspecified atom stereocenters. The second-order valence-corrected chi connectivity index (χ2v) is 15.2. The number of amides is 4. The van der Waals surface area contributed by atoms with Crippen LogP contribution in [0.5, 0.6) is 0 Å². The van der Waals surface area contributed by atoms with Gasteiger partial charge in [-0.1, -0.05) is 104 Å². The van der Waals surface area contributed by atoms with Gasteiger partial charge in [-0.05, 0) is 84.1 Å². The van der Waals surface area contributed by atoms with Crippen molar-refractivity contribution >= 4 is 75.1 Å². The number of hydrogen-bond acceptors (Lipinski definition) is 8. The second kappa shape index (κ2) is 19.4. The zero-order valence-electron chi connectivity index (χ0n) is 31.9. The molecule has 0 aliphatic carbocycles. The first kappa shape index (κ1) is 40.9. The van der Waals surface area contributed by atoms with Crippen LogP contribution in [-0.4, -0.2) is 42.0 Å². The zero-order chi connectivity index (χ0) is 41.0. The molecule has 0 spiro atoms. The van der Waals surface area contributed by atoms with Crippen molar-refractivity contribution in [3.05, 3.63) is 172 Å². The molecule has 4 amide bonds. The minimum absolute atomic E-state index is 0.0367. The van der Waals surface area contributed by atoms with E-state index in [9.17, 15) is 24.0 Å². The SMILES string of the molecule is CCC(Sc1cccc(NC(=O)/C(=C\c2ccc(-c3ccccc3)cc2)NC(=O)c2ccccc2)c1)C(=O)Nc1sc(C(=O)Nc2ccccc2)c(C)c1C(=O)OC. The lowest BCUT2D eigenvalue weighted by Gasteiger charge is -2.16. The van der Waals surface area contributed by atoms with Crippen molar-refractivity contribution in [3.8, 4) is 11.1 Å². The van der Waals surface area contributed by atoms with E-state index in [0.717, 1.165) is 22.5 Å². The first-order chi connectivity index (χ1) is 28.1. The molecule has 58 heavy (non-hydrogen) atoms. The first-order valence-corrected chi connectivity index (χ1v) is 20.0. The molecule has 12 heteroatoms. The number of carbonyl (C=O) groups excluding carboxylic acids is 5. The third kappa shape index (κ3) is 10.3. The highest BCUT2D eigenvalue weighted by Crippen LogP contribution is 2.36. The molecule has 10 nitrogen and oxygen atoms in total. The van der Waals surface area contributed by atoms with Crippen LogP contribution >= 0.6 is 23.1 Å². The molecule has 0 aliphatic rings. The lowest BCUT2D eigenvalue weighted by atomic mass is 10.0. The number of thiophene rings is 1. The predicted octanol–water partition coefficient (Wildman–Crippen LogP) is 9.68. The molecule has 292 valence electrons. The maximum atomic E-state index is 13.8. The average Bonchev–Trinajstić information content (AvgIpc) is 3.58. The van der Waals surface area contributed by atoms with Crippen molar-refractivity contribution in [2.24, 2.45) is 0 Å². The Hall–Kier alpha value is -6.76. The van der Waals surface area contributed by atoms with Crippen LogP contribution < -0.4 is 21.3 Å². The van der Waals surface area contributed by atoms with E-state index in [0.29, 0.717) is 39.4 Å². The maximum absolute atomic E-state index is 13.8. The van der Waals surface area contributed by atoms with Gasteiger partial charge in [0.1, 0.15) is 10.7 Å². The van der Waals surface area contributed by atoms with E-state index >= 15 is 0 Å². The lowest BCUT2D eigenvalue weighted by molar-refractivity contribution is -0.116. The molecule has 1 atom stereocenters. The van der Waals surface area contributed by atoms with Gasteiger partial charge in [-0.2, -0.15) is 0 Å². The van der Waals surface area contributed by atoms with E-state index in [1.54, 1.807) is 85.8 Å². The molecule has 0 saturated carbocycles. The molecular weight excluding hydrogens is 769 g/mol. The number of hydrogen-bond donors (Lipinski definition) is 4. The van der Waals surface area contributed by atoms with Crippen molar-refractivity contribution in [2.75, 3.05) is 23.1 Å². The Morgan fingerprint density at radius 2 is 1.33 bits per heavy atom. The normalized spacial score (nSPS) is 11.5. The molecule has 0 bridgehead atoms. The molecule has 0 radical (unpaired) electrons. The Morgan fingerprint density at radius 1 is 0.707 bits per heavy atom. The van der Waals surface area contributed by atoms with E-state index in [1.165, 1.54) is 18.9 Å². The highest BCUT2D eigenvalue weighted by atomic mass is 32.2. The maximum Gasteiger partial charge on any atom is 0.341 e. The number of ether oxygens (including phenoxy) is 1. The molecule has 1 aromatic heterocycles. The largest absolute Gasteiger partial charge is 0.465 e. The third-order valence-corrected chi connectivity index (χ3v) is 11.5. The van der Waals surface area contributed by atoms with E-state index < -0.39 is 28.9 Å². The van der Waals surface area contributed by atoms with Gasteiger partial charge < -0.3 is 26.0 Å². The minimum Gasteiger partial charge on any atom is -0.465 e. The summed E-state index contributed by atoms with van der Waals surface area (Å²) in [4.78, 5) is 67.9. The van der Waals surface area contributed by atoms with Crippen molar-refractivity contribution in [1.82, 2.24) is 5.32 Å². The van der Waals surface area contributed by atoms with Gasteiger partial charge in [0.15, 0.2) is 0 Å². The average molecular weight is 809 g/mol. The summed E-state index contributed by atoms with van der Waals surface area (Å²) in [6.07, 6.45) is 2.04. The fraction of sp³-hybridized carbons (Fsp3) is 0.109. The molecule has 6 aromatic rings. The van der Waals surface area contributed by atoms with Crippen LogP contribution in [0.1, 0.15) is 54.9 Å². The van der Waals surface area contributed by atoms with Crippen LogP contribution in [0, 0.1) is 6.92 Å². The summed E-state index contributed by atoms with van der Waals surface area (Å²) in [6, 6.07) is 42.2. The van der Waals surface area contributed by atoms with Gasteiger partial charge in [-0.3, -0.25) is 19.2 Å². The third-order valence-electron chi connectivity index (χ3n) is 8.90. The number of benzene rings is 5. The topological polar surface area (TPSA) is 143 Å². The van der Waals surface area contributed by atoms with Gasteiger partial charge in [0.2, 0.25) is 5.91 Å². The Labute approximate surface area is 344 Å². The van der Waals surface area contributed by atoms with E-state index in [2.05, 4.69) is 21.3 Å². The van der Waals surface area contributed by atoms with Crippen molar-refractivity contribution in [3.63, 3.8) is 0 Å². The quantitative estimate of drug-likeness (QED) is 0.0488. The Bertz CT molecular complexity index is 2450. The monoisotopic (exact) mass is 808 g/mol. The summed E-state index contributed by atoms with van der Waals surface area (Å²) in [6.45, 7) is 3.50. The zero-order valence-corrected chi connectivity index (χ0v) is 33.5. The van der Waals surface area contributed by atoms with Crippen molar-refractivity contribution in [2.45, 2.75) is 30.4 Å². The number of thioether (sulfide) groups is 1. The Kier molecular flexibility index (Phi) is 13.7. The fourth-order valence-corrected chi connectivity index (χ4v) is 8.02. The number of esters is 1. The van der Waals surface area contributed by atoms with Crippen LogP contribution in [0.3, 0.4) is 0 Å². The molecule has 6 rings (SSSR count). The summed E-state index contributed by atoms with van der Waals surface area (Å²) in [7, 11) is 1.24. The Morgan fingerprint density at radius 3 is 1.98 bits per heavy atom. The van der Waals surface area contributed by atoms with Crippen molar-refractivity contribution in [1.29, 1.82) is 0 Å². The molecular formula is C46H40N4O6S2. The molecule has 4 N–H and O–H groups in total. The number of rotatable bonds is 14. The number of carbonyl (C=O) groups is 5. The summed E-state index contributed by atoms with van der Waals surface area (Å²) < 4.78 is 5.01. The number of para-hydroxylation sites is 1. The Balaban J connectivity index is 1.18. The summed E-state index contributed by atoms with van der Waals surface area (Å²) >= 11 is 2.27. The summed E-state index contributed by atoms with van der Waals surface area (Å²) in [5, 5.41) is 11.0. The smallest absolute Gasteiger partial charge is 0.341 e. The van der Waals surface area contributed by atoms with Gasteiger partial charge in [-0.15, -0.1) is 23.1 Å². The number of nitrogens with one attached hydrogen (secondary N) is 4. The molecule has 0 saturated heterocycles. The number of methoxy groups -OCH3 is 1. The fourth-order valence-electron chi connectivity index (χ4n) is 5.91. The lowest BCUT2D eigenvalue weighted by Crippen LogP contribution is -2.30. The molecule has 5 aromatic carbocycles. The van der Waals surface area contributed by atoms with Gasteiger partial charge in [-0.25, -0.2) is 4.79 Å². The van der Waals surface area contributed by atoms with Gasteiger partial charge >= 0.3 is 5.97 Å². The summed E-state index contributed by atoms with van der Waals surface area (Å²) in [5.74, 6) is -2.46. The van der Waals surface area contributed by atoms with E-state index in [-0.39, 0.29) is 27.0 Å². The predicted molar refractivity (Wildman–Crippen MR) is 232 cm³/mol.